The fourth-order valence-corrected chi connectivity index (χ4v) is 4.45. The van der Waals surface area contributed by atoms with E-state index in [2.05, 4.69) is 49.8 Å². The van der Waals surface area contributed by atoms with Crippen molar-refractivity contribution in [2.45, 2.75) is 71.6 Å². The maximum Gasteiger partial charge on any atom is 0.152 e. The lowest BCUT2D eigenvalue weighted by molar-refractivity contribution is -0.0344. The molecule has 1 fully saturated rings. The second-order valence-electron chi connectivity index (χ2n) is 8.50. The van der Waals surface area contributed by atoms with Crippen molar-refractivity contribution in [3.05, 3.63) is 11.9 Å². The van der Waals surface area contributed by atoms with E-state index >= 15 is 0 Å². The lowest BCUT2D eigenvalue weighted by atomic mass is 10.0. The number of hydrogen-bond acceptors (Lipinski definition) is 6. The predicted molar refractivity (Wildman–Crippen MR) is 103 cm³/mol. The van der Waals surface area contributed by atoms with Crippen LogP contribution in [-0.2, 0) is 26.7 Å². The molecule has 1 saturated heterocycles. The molecule has 150 valence electrons. The van der Waals surface area contributed by atoms with Crippen molar-refractivity contribution in [2.75, 3.05) is 31.2 Å². The van der Waals surface area contributed by atoms with Crippen molar-refractivity contribution >= 4 is 9.84 Å². The zero-order chi connectivity index (χ0) is 19.4. The monoisotopic (exact) mass is 386 g/mol. The third-order valence-corrected chi connectivity index (χ3v) is 6.65. The Labute approximate surface area is 158 Å². The molecule has 0 amide bonds. The molecular formula is C18H34N4O3S. The van der Waals surface area contributed by atoms with E-state index in [4.69, 9.17) is 4.74 Å². The fourth-order valence-electron chi connectivity index (χ4n) is 3.17. The average Bonchev–Trinajstić information content (AvgIpc) is 2.98. The first kappa shape index (κ1) is 21.3. The van der Waals surface area contributed by atoms with Crippen LogP contribution in [-0.4, -0.2) is 65.1 Å². The van der Waals surface area contributed by atoms with Gasteiger partial charge in [0.1, 0.15) is 0 Å². The Balaban J connectivity index is 1.87. The highest BCUT2D eigenvalue weighted by molar-refractivity contribution is 7.91. The summed E-state index contributed by atoms with van der Waals surface area (Å²) in [7, 11) is -2.85. The molecule has 0 spiro atoms. The third-order valence-electron chi connectivity index (χ3n) is 5.04. The van der Waals surface area contributed by atoms with E-state index in [1.54, 1.807) is 0 Å². The summed E-state index contributed by atoms with van der Waals surface area (Å²) in [6, 6.07) is 0. The molecule has 0 radical (unpaired) electrons. The minimum absolute atomic E-state index is 0.0903. The Morgan fingerprint density at radius 2 is 1.81 bits per heavy atom. The average molecular weight is 387 g/mol. The van der Waals surface area contributed by atoms with Crippen LogP contribution in [0.5, 0.6) is 0 Å². The number of nitrogens with zero attached hydrogens (tertiary/aromatic N) is 4. The molecular weight excluding hydrogens is 352 g/mol. The van der Waals surface area contributed by atoms with Gasteiger partial charge in [-0.3, -0.25) is 4.90 Å². The first-order valence-corrected chi connectivity index (χ1v) is 11.3. The van der Waals surface area contributed by atoms with Gasteiger partial charge in [0.15, 0.2) is 9.84 Å². The Kier molecular flexibility index (Phi) is 6.85. The van der Waals surface area contributed by atoms with Gasteiger partial charge in [0, 0.05) is 26.2 Å². The first-order valence-electron chi connectivity index (χ1n) is 9.51. The topological polar surface area (TPSA) is 77.3 Å². The van der Waals surface area contributed by atoms with Crippen molar-refractivity contribution in [3.63, 3.8) is 0 Å². The lowest BCUT2D eigenvalue weighted by Gasteiger charge is -2.29. The van der Waals surface area contributed by atoms with Gasteiger partial charge < -0.3 is 4.74 Å². The van der Waals surface area contributed by atoms with Crippen LogP contribution in [0.3, 0.4) is 0 Å². The van der Waals surface area contributed by atoms with Crippen molar-refractivity contribution in [1.29, 1.82) is 0 Å². The molecule has 1 aromatic heterocycles. The summed E-state index contributed by atoms with van der Waals surface area (Å²) in [5, 5.41) is 8.58. The predicted octanol–water partition coefficient (Wildman–Crippen LogP) is 2.23. The van der Waals surface area contributed by atoms with Crippen LogP contribution >= 0.6 is 0 Å². The summed E-state index contributed by atoms with van der Waals surface area (Å²) in [6.45, 7) is 13.2. The van der Waals surface area contributed by atoms with Crippen LogP contribution in [0.4, 0.5) is 0 Å². The van der Waals surface area contributed by atoms with Gasteiger partial charge in [-0.05, 0) is 40.5 Å². The zero-order valence-electron chi connectivity index (χ0n) is 16.9. The van der Waals surface area contributed by atoms with Crippen LogP contribution in [0.15, 0.2) is 6.20 Å². The second-order valence-corrected chi connectivity index (χ2v) is 10.8. The van der Waals surface area contributed by atoms with Gasteiger partial charge >= 0.3 is 0 Å². The summed E-state index contributed by atoms with van der Waals surface area (Å²) < 4.78 is 31.0. The highest BCUT2D eigenvalue weighted by atomic mass is 32.2. The van der Waals surface area contributed by atoms with Crippen LogP contribution in [0.2, 0.25) is 0 Å². The van der Waals surface area contributed by atoms with E-state index in [0.29, 0.717) is 26.2 Å². The molecule has 1 aliphatic heterocycles. The molecule has 2 rings (SSSR count). The van der Waals surface area contributed by atoms with E-state index in [1.165, 1.54) is 0 Å². The summed E-state index contributed by atoms with van der Waals surface area (Å²) in [4.78, 5) is 2.12. The largest absolute Gasteiger partial charge is 0.375 e. The van der Waals surface area contributed by atoms with Gasteiger partial charge in [-0.2, -0.15) is 0 Å². The number of sulfone groups is 1. The minimum atomic E-state index is -2.85. The molecule has 0 aliphatic carbocycles. The molecule has 0 N–H and O–H groups in total. The molecule has 0 saturated carbocycles. The zero-order valence-corrected chi connectivity index (χ0v) is 17.7. The van der Waals surface area contributed by atoms with E-state index in [0.717, 1.165) is 25.0 Å². The molecule has 1 aromatic rings. The van der Waals surface area contributed by atoms with Crippen LogP contribution < -0.4 is 0 Å². The van der Waals surface area contributed by atoms with Gasteiger partial charge in [0.25, 0.3) is 0 Å². The third kappa shape index (κ3) is 6.32. The lowest BCUT2D eigenvalue weighted by Crippen LogP contribution is -2.39. The fraction of sp³-hybridized carbons (Fsp3) is 0.889. The SMILES string of the molecule is CCCC(C)(C)OCCC(C)(C)n1cc(CN2CCS(=O)(=O)CC2)nn1. The van der Waals surface area contributed by atoms with Crippen molar-refractivity contribution in [2.24, 2.45) is 0 Å². The van der Waals surface area contributed by atoms with Crippen molar-refractivity contribution in [1.82, 2.24) is 19.9 Å². The smallest absolute Gasteiger partial charge is 0.152 e. The van der Waals surface area contributed by atoms with Gasteiger partial charge in [0.05, 0.1) is 34.5 Å². The van der Waals surface area contributed by atoms with Gasteiger partial charge in [0.2, 0.25) is 0 Å². The number of hydrogen-bond donors (Lipinski definition) is 0. The number of aromatic nitrogens is 3. The van der Waals surface area contributed by atoms with E-state index in [1.807, 2.05) is 10.9 Å². The summed E-state index contributed by atoms with van der Waals surface area (Å²) in [5.41, 5.74) is 0.607. The van der Waals surface area contributed by atoms with Crippen molar-refractivity contribution < 1.29 is 13.2 Å². The Morgan fingerprint density at radius 1 is 1.15 bits per heavy atom. The maximum absolute atomic E-state index is 11.5. The van der Waals surface area contributed by atoms with E-state index in [9.17, 15) is 8.42 Å². The van der Waals surface area contributed by atoms with Crippen LogP contribution in [0.25, 0.3) is 0 Å². The number of rotatable bonds is 9. The van der Waals surface area contributed by atoms with E-state index in [-0.39, 0.29) is 22.6 Å². The molecule has 0 aromatic carbocycles. The highest BCUT2D eigenvalue weighted by Gasteiger charge is 2.26. The molecule has 1 aliphatic rings. The highest BCUT2D eigenvalue weighted by Crippen LogP contribution is 2.23. The van der Waals surface area contributed by atoms with Gasteiger partial charge in [-0.25, -0.2) is 13.1 Å². The molecule has 26 heavy (non-hydrogen) atoms. The molecule has 2 heterocycles. The standard InChI is InChI=1S/C18H34N4O3S/c1-6-7-18(4,5)25-11-8-17(2,3)22-15-16(19-20-22)14-21-9-12-26(23,24)13-10-21/h15H,6-14H2,1-5H3. The Bertz CT molecular complexity index is 668. The van der Waals surface area contributed by atoms with Gasteiger partial charge in [-0.15, -0.1) is 5.10 Å². The maximum atomic E-state index is 11.5. The normalized spacial score (nSPS) is 19.0. The Hall–Kier alpha value is -0.990. The second kappa shape index (κ2) is 8.35. The van der Waals surface area contributed by atoms with Gasteiger partial charge in [-0.1, -0.05) is 18.6 Å². The summed E-state index contributed by atoms with van der Waals surface area (Å²) in [6.07, 6.45) is 4.98. The molecule has 8 heteroatoms. The Morgan fingerprint density at radius 3 is 2.42 bits per heavy atom. The summed E-state index contributed by atoms with van der Waals surface area (Å²) in [5.74, 6) is 0.467. The summed E-state index contributed by atoms with van der Waals surface area (Å²) >= 11 is 0. The van der Waals surface area contributed by atoms with Crippen molar-refractivity contribution in [3.8, 4) is 0 Å². The van der Waals surface area contributed by atoms with Crippen LogP contribution in [0.1, 0.15) is 59.6 Å². The number of ether oxygens (including phenoxy) is 1. The van der Waals surface area contributed by atoms with Crippen LogP contribution in [0, 0.1) is 0 Å². The molecule has 7 nitrogen and oxygen atoms in total. The minimum Gasteiger partial charge on any atom is -0.375 e. The van der Waals surface area contributed by atoms with E-state index < -0.39 is 9.84 Å². The quantitative estimate of drug-likeness (QED) is 0.648. The molecule has 0 atom stereocenters. The molecule has 0 unspecified atom stereocenters. The first-order chi connectivity index (χ1) is 12.0. The molecule has 0 bridgehead atoms.